The van der Waals surface area contributed by atoms with E-state index >= 15 is 0 Å². The Balaban J connectivity index is 2.56. The molecule has 0 heterocycles. The highest BCUT2D eigenvalue weighted by Crippen LogP contribution is 2.15. The van der Waals surface area contributed by atoms with E-state index < -0.39 is 0 Å². The average Bonchev–Trinajstić information content (AvgIpc) is 2.27. The van der Waals surface area contributed by atoms with Gasteiger partial charge in [-0.15, -0.1) is 0 Å². The third kappa shape index (κ3) is 5.12. The third-order valence-corrected chi connectivity index (χ3v) is 2.69. The summed E-state index contributed by atoms with van der Waals surface area (Å²) in [5, 5.41) is 2.83. The molecule has 3 N–H and O–H groups in total. The summed E-state index contributed by atoms with van der Waals surface area (Å²) in [6, 6.07) is 5.23. The number of rotatable bonds is 4. The van der Waals surface area contributed by atoms with E-state index in [-0.39, 0.29) is 30.1 Å². The van der Waals surface area contributed by atoms with E-state index in [4.69, 9.17) is 5.73 Å². The van der Waals surface area contributed by atoms with Gasteiger partial charge in [-0.25, -0.2) is 0 Å². The van der Waals surface area contributed by atoms with Crippen LogP contribution in [0.5, 0.6) is 0 Å². The molecule has 1 aromatic rings. The number of hydrogen-bond donors (Lipinski definition) is 2. The Labute approximate surface area is 114 Å². The van der Waals surface area contributed by atoms with Gasteiger partial charge in [0.25, 0.3) is 0 Å². The van der Waals surface area contributed by atoms with Crippen molar-refractivity contribution >= 4 is 17.4 Å². The van der Waals surface area contributed by atoms with Gasteiger partial charge >= 0.3 is 0 Å². The molecule has 4 heteroatoms. The molecule has 0 aliphatic heterocycles. The molecule has 0 saturated heterocycles. The van der Waals surface area contributed by atoms with Crippen LogP contribution in [-0.4, -0.2) is 17.2 Å². The summed E-state index contributed by atoms with van der Waals surface area (Å²) in [4.78, 5) is 23.6. The highest BCUT2D eigenvalue weighted by atomic mass is 16.2. The first-order valence-corrected chi connectivity index (χ1v) is 6.39. The predicted octanol–water partition coefficient (Wildman–Crippen LogP) is 2.45. The van der Waals surface area contributed by atoms with Crippen LogP contribution < -0.4 is 11.1 Å². The van der Waals surface area contributed by atoms with Crippen LogP contribution in [0.25, 0.3) is 0 Å². The number of carbonyl (C=O) groups is 2. The second-order valence-electron chi connectivity index (χ2n) is 5.79. The van der Waals surface area contributed by atoms with Crippen LogP contribution in [0.15, 0.2) is 18.2 Å². The first-order valence-electron chi connectivity index (χ1n) is 6.39. The van der Waals surface area contributed by atoms with E-state index in [0.717, 1.165) is 5.56 Å². The molecule has 0 aliphatic rings. The van der Waals surface area contributed by atoms with Gasteiger partial charge in [-0.1, -0.05) is 12.1 Å². The van der Waals surface area contributed by atoms with Crippen LogP contribution in [0, 0.1) is 6.92 Å². The van der Waals surface area contributed by atoms with Crippen LogP contribution in [0.4, 0.5) is 5.69 Å². The molecular weight excluding hydrogens is 240 g/mol. The van der Waals surface area contributed by atoms with Gasteiger partial charge in [-0.2, -0.15) is 0 Å². The second kappa shape index (κ2) is 5.87. The normalized spacial score (nSPS) is 11.2. The zero-order valence-corrected chi connectivity index (χ0v) is 12.0. The summed E-state index contributed by atoms with van der Waals surface area (Å²) in [5.41, 5.74) is 7.61. The van der Waals surface area contributed by atoms with Crippen molar-refractivity contribution < 1.29 is 9.59 Å². The Morgan fingerprint density at radius 3 is 2.37 bits per heavy atom. The van der Waals surface area contributed by atoms with Crippen molar-refractivity contribution in [1.82, 2.24) is 5.32 Å². The van der Waals surface area contributed by atoms with Crippen molar-refractivity contribution in [1.29, 1.82) is 0 Å². The monoisotopic (exact) mass is 262 g/mol. The van der Waals surface area contributed by atoms with Gasteiger partial charge in [0.2, 0.25) is 5.91 Å². The van der Waals surface area contributed by atoms with Gasteiger partial charge in [0.1, 0.15) is 0 Å². The smallest absolute Gasteiger partial charge is 0.220 e. The van der Waals surface area contributed by atoms with Crippen LogP contribution in [0.1, 0.15) is 49.5 Å². The Morgan fingerprint density at radius 2 is 1.84 bits per heavy atom. The lowest BCUT2D eigenvalue weighted by atomic mass is 10.0. The first kappa shape index (κ1) is 15.2. The Hall–Kier alpha value is -1.84. The average molecular weight is 262 g/mol. The van der Waals surface area contributed by atoms with E-state index in [9.17, 15) is 9.59 Å². The zero-order valence-electron chi connectivity index (χ0n) is 12.0. The fraction of sp³-hybridized carbons (Fsp3) is 0.467. The largest absolute Gasteiger partial charge is 0.398 e. The number of nitrogens with two attached hydrogens (primary N) is 1. The Kier molecular flexibility index (Phi) is 4.70. The fourth-order valence-electron chi connectivity index (χ4n) is 1.67. The van der Waals surface area contributed by atoms with Crippen molar-refractivity contribution in [2.45, 2.75) is 46.1 Å². The molecule has 4 nitrogen and oxygen atoms in total. The Morgan fingerprint density at radius 1 is 1.21 bits per heavy atom. The van der Waals surface area contributed by atoms with Crippen molar-refractivity contribution in [3.8, 4) is 0 Å². The molecule has 0 aliphatic carbocycles. The summed E-state index contributed by atoms with van der Waals surface area (Å²) in [6.07, 6.45) is 0.397. The SMILES string of the molecule is Cc1ccc(C(=O)CCC(=O)NC(C)(C)C)cc1N. The summed E-state index contributed by atoms with van der Waals surface area (Å²) >= 11 is 0. The minimum Gasteiger partial charge on any atom is -0.398 e. The number of amides is 1. The van der Waals surface area contributed by atoms with Gasteiger partial charge in [0.05, 0.1) is 0 Å². The van der Waals surface area contributed by atoms with Gasteiger partial charge in [0, 0.05) is 29.6 Å². The fourth-order valence-corrected chi connectivity index (χ4v) is 1.67. The van der Waals surface area contributed by atoms with Crippen LogP contribution in [-0.2, 0) is 4.79 Å². The highest BCUT2D eigenvalue weighted by Gasteiger charge is 2.15. The lowest BCUT2D eigenvalue weighted by Gasteiger charge is -2.20. The minimum atomic E-state index is -0.269. The summed E-state index contributed by atoms with van der Waals surface area (Å²) in [7, 11) is 0. The molecule has 19 heavy (non-hydrogen) atoms. The Bertz CT molecular complexity index is 487. The molecule has 0 radical (unpaired) electrons. The molecule has 0 spiro atoms. The summed E-state index contributed by atoms with van der Waals surface area (Å²) in [6.45, 7) is 7.62. The topological polar surface area (TPSA) is 72.2 Å². The molecule has 1 amide bonds. The highest BCUT2D eigenvalue weighted by molar-refractivity contribution is 5.98. The maximum Gasteiger partial charge on any atom is 0.220 e. The molecule has 0 bridgehead atoms. The number of benzene rings is 1. The van der Waals surface area contributed by atoms with Gasteiger partial charge in [0.15, 0.2) is 5.78 Å². The molecule has 0 saturated carbocycles. The quantitative estimate of drug-likeness (QED) is 0.646. The van der Waals surface area contributed by atoms with Crippen LogP contribution >= 0.6 is 0 Å². The standard InChI is InChI=1S/C15H22N2O2/c1-10-5-6-11(9-12(10)16)13(18)7-8-14(19)17-15(2,3)4/h5-6,9H,7-8,16H2,1-4H3,(H,17,19). The molecule has 0 unspecified atom stereocenters. The molecule has 0 fully saturated rings. The van der Waals surface area contributed by atoms with E-state index in [1.807, 2.05) is 33.8 Å². The summed E-state index contributed by atoms with van der Waals surface area (Å²) < 4.78 is 0. The number of nitrogens with one attached hydrogen (secondary N) is 1. The number of anilines is 1. The van der Waals surface area contributed by atoms with E-state index in [2.05, 4.69) is 5.32 Å². The number of nitrogen functional groups attached to an aromatic ring is 1. The molecular formula is C15H22N2O2. The van der Waals surface area contributed by atoms with Gasteiger partial charge in [-0.3, -0.25) is 9.59 Å². The zero-order chi connectivity index (χ0) is 14.6. The van der Waals surface area contributed by atoms with Gasteiger partial charge in [-0.05, 0) is 39.3 Å². The van der Waals surface area contributed by atoms with Crippen molar-refractivity contribution in [3.05, 3.63) is 29.3 Å². The maximum absolute atomic E-state index is 11.9. The molecule has 1 rings (SSSR count). The van der Waals surface area contributed by atoms with Gasteiger partial charge < -0.3 is 11.1 Å². The number of aryl methyl sites for hydroxylation is 1. The summed E-state index contributed by atoms with van der Waals surface area (Å²) in [5.74, 6) is -0.170. The third-order valence-electron chi connectivity index (χ3n) is 2.69. The number of ketones is 1. The number of hydrogen-bond acceptors (Lipinski definition) is 3. The van der Waals surface area contributed by atoms with Crippen molar-refractivity contribution in [2.75, 3.05) is 5.73 Å². The predicted molar refractivity (Wildman–Crippen MR) is 77.1 cm³/mol. The van der Waals surface area contributed by atoms with Crippen LogP contribution in [0.2, 0.25) is 0 Å². The lowest BCUT2D eigenvalue weighted by Crippen LogP contribution is -2.40. The van der Waals surface area contributed by atoms with Crippen molar-refractivity contribution in [2.24, 2.45) is 0 Å². The van der Waals surface area contributed by atoms with Crippen molar-refractivity contribution in [3.63, 3.8) is 0 Å². The van der Waals surface area contributed by atoms with E-state index in [0.29, 0.717) is 11.3 Å². The maximum atomic E-state index is 11.9. The van der Waals surface area contributed by atoms with Crippen LogP contribution in [0.3, 0.4) is 0 Å². The second-order valence-corrected chi connectivity index (χ2v) is 5.79. The molecule has 0 aromatic heterocycles. The molecule has 0 atom stereocenters. The first-order chi connectivity index (χ1) is 8.69. The molecule has 1 aromatic carbocycles. The minimum absolute atomic E-state index is 0.0595. The molecule has 104 valence electrons. The lowest BCUT2D eigenvalue weighted by molar-refractivity contribution is -0.122. The number of Topliss-reactive ketones (excluding diaryl/α,β-unsaturated/α-hetero) is 1. The number of carbonyl (C=O) groups excluding carboxylic acids is 2. The van der Waals surface area contributed by atoms with E-state index in [1.54, 1.807) is 12.1 Å². The van der Waals surface area contributed by atoms with E-state index in [1.165, 1.54) is 0 Å².